The van der Waals surface area contributed by atoms with Gasteiger partial charge < -0.3 is 10.4 Å². The van der Waals surface area contributed by atoms with Gasteiger partial charge in [-0.1, -0.05) is 11.6 Å². The smallest absolute Gasteiger partial charge is 0.318 e. The molecular formula is C15H14ClFN4O5S2. The van der Waals surface area contributed by atoms with Gasteiger partial charge in [-0.3, -0.25) is 9.59 Å². The fourth-order valence-corrected chi connectivity index (χ4v) is 5.18. The molecule has 13 heteroatoms. The van der Waals surface area contributed by atoms with Crippen LogP contribution >= 0.6 is 22.9 Å². The van der Waals surface area contributed by atoms with Gasteiger partial charge in [-0.25, -0.2) is 9.37 Å². The summed E-state index contributed by atoms with van der Waals surface area (Å²) in [7, 11) is -4.27. The molecule has 0 radical (unpaired) electrons. The molecule has 1 aromatic carbocycles. The SMILES string of the molecule is O=C(O)CN1[C@@H](C(=O)Nc2ccc(F)c(Cl)c2)C[C@@H](c2nccs2)NS1(=O)=O. The molecule has 1 aromatic heterocycles. The van der Waals surface area contributed by atoms with Crippen molar-refractivity contribution in [2.24, 2.45) is 0 Å². The number of hydrogen-bond donors (Lipinski definition) is 3. The van der Waals surface area contributed by atoms with E-state index in [9.17, 15) is 22.4 Å². The molecule has 0 bridgehead atoms. The highest BCUT2D eigenvalue weighted by Crippen LogP contribution is 2.30. The zero-order chi connectivity index (χ0) is 20.5. The highest BCUT2D eigenvalue weighted by atomic mass is 35.5. The Morgan fingerprint density at radius 3 is 2.82 bits per heavy atom. The number of carboxylic acid groups (broad SMARTS) is 1. The number of carboxylic acids is 1. The van der Waals surface area contributed by atoms with Gasteiger partial charge in [0, 0.05) is 17.3 Å². The van der Waals surface area contributed by atoms with E-state index in [2.05, 4.69) is 15.0 Å². The Labute approximate surface area is 168 Å². The van der Waals surface area contributed by atoms with Crippen LogP contribution in [-0.4, -0.2) is 47.3 Å². The van der Waals surface area contributed by atoms with Crippen LogP contribution in [0.3, 0.4) is 0 Å². The van der Waals surface area contributed by atoms with Gasteiger partial charge >= 0.3 is 5.97 Å². The molecule has 0 unspecified atom stereocenters. The molecular weight excluding hydrogens is 435 g/mol. The van der Waals surface area contributed by atoms with E-state index >= 15 is 0 Å². The Morgan fingerprint density at radius 1 is 1.46 bits per heavy atom. The van der Waals surface area contributed by atoms with Crippen LogP contribution in [0.4, 0.5) is 10.1 Å². The van der Waals surface area contributed by atoms with Crippen LogP contribution in [0.5, 0.6) is 0 Å². The maximum Gasteiger partial charge on any atom is 0.318 e. The quantitative estimate of drug-likeness (QED) is 0.637. The second kappa shape index (κ2) is 8.09. The van der Waals surface area contributed by atoms with Gasteiger partial charge in [-0.05, 0) is 24.6 Å². The average Bonchev–Trinajstić information content (AvgIpc) is 3.13. The van der Waals surface area contributed by atoms with Crippen molar-refractivity contribution in [3.05, 3.63) is 45.6 Å². The minimum atomic E-state index is -4.27. The number of anilines is 1. The van der Waals surface area contributed by atoms with Gasteiger partial charge in [0.1, 0.15) is 23.4 Å². The molecule has 2 heterocycles. The van der Waals surface area contributed by atoms with E-state index in [0.717, 1.165) is 6.07 Å². The Hall–Kier alpha value is -2.12. The fraction of sp³-hybridized carbons (Fsp3) is 0.267. The number of nitrogens with zero attached hydrogens (tertiary/aromatic N) is 2. The van der Waals surface area contributed by atoms with Crippen molar-refractivity contribution in [3.63, 3.8) is 0 Å². The third-order valence-corrected chi connectivity index (χ3v) is 6.70. The summed E-state index contributed by atoms with van der Waals surface area (Å²) < 4.78 is 41.3. The first-order valence-corrected chi connectivity index (χ1v) is 10.5. The predicted molar refractivity (Wildman–Crippen MR) is 99.7 cm³/mol. The number of carbonyl (C=O) groups excluding carboxylic acids is 1. The summed E-state index contributed by atoms with van der Waals surface area (Å²) in [5.41, 5.74) is 0.147. The number of thiazole rings is 1. The normalized spacial score (nSPS) is 21.9. The monoisotopic (exact) mass is 448 g/mol. The van der Waals surface area contributed by atoms with Gasteiger partial charge in [0.25, 0.3) is 10.2 Å². The first kappa shape index (κ1) is 20.6. The molecule has 3 rings (SSSR count). The van der Waals surface area contributed by atoms with Crippen LogP contribution in [0.25, 0.3) is 0 Å². The molecule has 0 aliphatic carbocycles. The molecule has 1 amide bonds. The Balaban J connectivity index is 1.90. The van der Waals surface area contributed by atoms with Crippen molar-refractivity contribution in [2.75, 3.05) is 11.9 Å². The summed E-state index contributed by atoms with van der Waals surface area (Å²) in [6.07, 6.45) is 1.45. The number of halogens is 2. The number of carbonyl (C=O) groups is 2. The van der Waals surface area contributed by atoms with Crippen LogP contribution in [0.1, 0.15) is 17.5 Å². The average molecular weight is 449 g/mol. The number of aromatic nitrogens is 1. The summed E-state index contributed by atoms with van der Waals surface area (Å²) in [5.74, 6) is -2.86. The fourth-order valence-electron chi connectivity index (χ4n) is 2.73. The standard InChI is InChI=1S/C15H14ClFN4O5S2/c16-9-5-8(1-2-10(9)17)19-14(24)12-6-11(15-18-3-4-27-15)20-28(25,26)21(12)7-13(22)23/h1-5,11-12,20H,6-7H2,(H,19,24)(H,22,23)/t11-,12+/m0/s1. The molecule has 1 aliphatic rings. The molecule has 9 nitrogen and oxygen atoms in total. The Bertz CT molecular complexity index is 1000. The van der Waals surface area contributed by atoms with Gasteiger partial charge in [0.2, 0.25) is 5.91 Å². The number of hydrogen-bond acceptors (Lipinski definition) is 6. The maximum atomic E-state index is 13.3. The highest BCUT2D eigenvalue weighted by molar-refractivity contribution is 7.87. The third-order valence-electron chi connectivity index (χ3n) is 3.94. The summed E-state index contributed by atoms with van der Waals surface area (Å²) in [4.78, 5) is 28.0. The van der Waals surface area contributed by atoms with E-state index in [1.54, 1.807) is 5.38 Å². The van der Waals surface area contributed by atoms with Crippen molar-refractivity contribution in [1.82, 2.24) is 14.0 Å². The third kappa shape index (κ3) is 4.47. The van der Waals surface area contributed by atoms with Gasteiger partial charge in [0.05, 0.1) is 11.1 Å². The second-order valence-electron chi connectivity index (χ2n) is 5.85. The van der Waals surface area contributed by atoms with Gasteiger partial charge in [-0.15, -0.1) is 11.3 Å². The van der Waals surface area contributed by atoms with Gasteiger partial charge in [-0.2, -0.15) is 17.4 Å². The van der Waals surface area contributed by atoms with E-state index in [0.29, 0.717) is 9.31 Å². The Kier molecular flexibility index (Phi) is 5.95. The summed E-state index contributed by atoms with van der Waals surface area (Å²) >= 11 is 6.89. The molecule has 2 aromatic rings. The van der Waals surface area contributed by atoms with E-state index < -0.39 is 46.5 Å². The van der Waals surface area contributed by atoms with Crippen molar-refractivity contribution in [1.29, 1.82) is 0 Å². The molecule has 2 atom stereocenters. The van der Waals surface area contributed by atoms with Crippen LogP contribution in [0.2, 0.25) is 5.02 Å². The van der Waals surface area contributed by atoms with Crippen LogP contribution in [-0.2, 0) is 19.8 Å². The lowest BCUT2D eigenvalue weighted by atomic mass is 10.1. The lowest BCUT2D eigenvalue weighted by Gasteiger charge is -2.36. The number of nitrogens with one attached hydrogen (secondary N) is 2. The minimum absolute atomic E-state index is 0.0409. The van der Waals surface area contributed by atoms with Crippen molar-refractivity contribution >= 4 is 50.7 Å². The minimum Gasteiger partial charge on any atom is -0.480 e. The molecule has 3 N–H and O–H groups in total. The molecule has 0 spiro atoms. The van der Waals surface area contributed by atoms with Crippen LogP contribution in [0.15, 0.2) is 29.8 Å². The van der Waals surface area contributed by atoms with Crippen molar-refractivity contribution in [2.45, 2.75) is 18.5 Å². The van der Waals surface area contributed by atoms with E-state index in [1.807, 2.05) is 0 Å². The molecule has 1 fully saturated rings. The van der Waals surface area contributed by atoms with Crippen LogP contribution < -0.4 is 10.0 Å². The Morgan fingerprint density at radius 2 is 2.21 bits per heavy atom. The zero-order valence-corrected chi connectivity index (χ0v) is 16.4. The van der Waals surface area contributed by atoms with Crippen molar-refractivity contribution in [3.8, 4) is 0 Å². The molecule has 28 heavy (non-hydrogen) atoms. The summed E-state index contributed by atoms with van der Waals surface area (Å²) in [5, 5.41) is 13.4. The zero-order valence-electron chi connectivity index (χ0n) is 14.0. The lowest BCUT2D eigenvalue weighted by Crippen LogP contribution is -2.58. The van der Waals surface area contributed by atoms with E-state index in [1.165, 1.54) is 29.7 Å². The number of aliphatic carboxylic acids is 1. The molecule has 150 valence electrons. The van der Waals surface area contributed by atoms with E-state index in [-0.39, 0.29) is 17.1 Å². The lowest BCUT2D eigenvalue weighted by molar-refractivity contribution is -0.138. The second-order valence-corrected chi connectivity index (χ2v) is 8.84. The molecule has 1 saturated heterocycles. The predicted octanol–water partition coefficient (Wildman–Crippen LogP) is 1.61. The van der Waals surface area contributed by atoms with Gasteiger partial charge in [0.15, 0.2) is 0 Å². The number of rotatable bonds is 5. The maximum absolute atomic E-state index is 13.3. The highest BCUT2D eigenvalue weighted by Gasteiger charge is 2.44. The van der Waals surface area contributed by atoms with Crippen LogP contribution in [0, 0.1) is 5.82 Å². The number of amides is 1. The number of benzene rings is 1. The summed E-state index contributed by atoms with van der Waals surface area (Å²) in [6.45, 7) is -0.901. The van der Waals surface area contributed by atoms with Crippen molar-refractivity contribution < 1.29 is 27.5 Å². The van der Waals surface area contributed by atoms with E-state index in [4.69, 9.17) is 16.7 Å². The topological polar surface area (TPSA) is 129 Å². The largest absolute Gasteiger partial charge is 0.480 e. The molecule has 0 saturated carbocycles. The first-order valence-electron chi connectivity index (χ1n) is 7.83. The first-order chi connectivity index (χ1) is 13.2. The molecule has 1 aliphatic heterocycles. The summed E-state index contributed by atoms with van der Waals surface area (Å²) in [6, 6.07) is 1.37.